The molecule has 6 heteroatoms. The lowest BCUT2D eigenvalue weighted by Crippen LogP contribution is -2.57. The fourth-order valence-electron chi connectivity index (χ4n) is 2.10. The Balaban J connectivity index is 2.58. The monoisotopic (exact) mass is 276 g/mol. The van der Waals surface area contributed by atoms with Crippen molar-refractivity contribution >= 4 is 15.6 Å². The molecule has 0 radical (unpaired) electrons. The lowest BCUT2D eigenvalue weighted by atomic mass is 9.94. The molecule has 0 unspecified atom stereocenters. The van der Waals surface area contributed by atoms with Gasteiger partial charge in [-0.15, -0.1) is 0 Å². The Hall–Kier alpha value is -0.460. The number of hydrogen-bond acceptors (Lipinski definition) is 5. The summed E-state index contributed by atoms with van der Waals surface area (Å²) < 4.78 is 22.9. The molecule has 0 amide bonds. The molecule has 1 aliphatic rings. The molecule has 0 aliphatic carbocycles. The maximum Gasteiger partial charge on any atom is 0.153 e. The topological polar surface area (TPSA) is 66.5 Å². The number of nitrogens with one attached hydrogen (secondary N) is 1. The third-order valence-electron chi connectivity index (χ3n) is 3.67. The first-order chi connectivity index (χ1) is 8.29. The van der Waals surface area contributed by atoms with Gasteiger partial charge in [0.05, 0.1) is 11.3 Å². The van der Waals surface area contributed by atoms with Crippen LogP contribution in [-0.2, 0) is 14.6 Å². The summed E-state index contributed by atoms with van der Waals surface area (Å²) in [6, 6.07) is 0. The lowest BCUT2D eigenvalue weighted by Gasteiger charge is -2.40. The number of sulfone groups is 1. The first-order valence-electron chi connectivity index (χ1n) is 6.49. The molecule has 1 saturated heterocycles. The molecule has 1 aliphatic heterocycles. The van der Waals surface area contributed by atoms with Gasteiger partial charge in [0, 0.05) is 38.4 Å². The van der Waals surface area contributed by atoms with E-state index in [1.807, 2.05) is 13.8 Å². The SMILES string of the molecule is CCS(=O)(=O)CCC(=O)C(C)(C)N1CCNCC1. The van der Waals surface area contributed by atoms with Gasteiger partial charge in [-0.1, -0.05) is 6.92 Å². The summed E-state index contributed by atoms with van der Waals surface area (Å²) in [5.74, 6) is 0.0908. The van der Waals surface area contributed by atoms with Gasteiger partial charge in [-0.3, -0.25) is 9.69 Å². The maximum absolute atomic E-state index is 12.2. The summed E-state index contributed by atoms with van der Waals surface area (Å²) in [6.45, 7) is 8.81. The van der Waals surface area contributed by atoms with Crippen LogP contribution in [0.4, 0.5) is 0 Å². The minimum Gasteiger partial charge on any atom is -0.314 e. The minimum absolute atomic E-state index is 0.0152. The van der Waals surface area contributed by atoms with Crippen LogP contribution in [-0.4, -0.2) is 62.3 Å². The zero-order valence-electron chi connectivity index (χ0n) is 11.5. The van der Waals surface area contributed by atoms with Crippen LogP contribution in [0.2, 0.25) is 0 Å². The fourth-order valence-corrected chi connectivity index (χ4v) is 2.88. The Labute approximate surface area is 110 Å². The zero-order valence-corrected chi connectivity index (χ0v) is 12.3. The molecule has 0 bridgehead atoms. The Bertz CT molecular complexity index is 384. The van der Waals surface area contributed by atoms with E-state index in [-0.39, 0.29) is 23.7 Å². The molecule has 0 aromatic heterocycles. The van der Waals surface area contributed by atoms with E-state index in [0.717, 1.165) is 26.2 Å². The second-order valence-electron chi connectivity index (χ2n) is 5.21. The molecule has 1 rings (SSSR count). The average Bonchev–Trinajstić information content (AvgIpc) is 2.37. The van der Waals surface area contributed by atoms with Crippen LogP contribution in [0.25, 0.3) is 0 Å². The summed E-state index contributed by atoms with van der Waals surface area (Å²) in [5.41, 5.74) is -0.564. The Morgan fingerprint density at radius 2 is 1.83 bits per heavy atom. The highest BCUT2D eigenvalue weighted by Gasteiger charge is 2.34. The van der Waals surface area contributed by atoms with Crippen molar-refractivity contribution in [3.63, 3.8) is 0 Å². The standard InChI is InChI=1S/C12H24N2O3S/c1-4-18(16,17)10-5-11(15)12(2,3)14-8-6-13-7-9-14/h13H,4-10H2,1-3H3. The van der Waals surface area contributed by atoms with Crippen molar-refractivity contribution in [2.45, 2.75) is 32.7 Å². The molecule has 5 nitrogen and oxygen atoms in total. The number of ketones is 1. The maximum atomic E-state index is 12.2. The van der Waals surface area contributed by atoms with E-state index >= 15 is 0 Å². The summed E-state index contributed by atoms with van der Waals surface area (Å²) in [6.07, 6.45) is 0.118. The van der Waals surface area contributed by atoms with Crippen molar-refractivity contribution in [2.24, 2.45) is 0 Å². The highest BCUT2D eigenvalue weighted by Crippen LogP contribution is 2.18. The molecule has 1 fully saturated rings. The van der Waals surface area contributed by atoms with Gasteiger partial charge in [0.1, 0.15) is 9.84 Å². The summed E-state index contributed by atoms with van der Waals surface area (Å²) in [5, 5.41) is 3.24. The summed E-state index contributed by atoms with van der Waals surface area (Å²) in [4.78, 5) is 14.3. The number of nitrogens with zero attached hydrogens (tertiary/aromatic N) is 1. The van der Waals surface area contributed by atoms with Crippen molar-refractivity contribution < 1.29 is 13.2 Å². The average molecular weight is 276 g/mol. The van der Waals surface area contributed by atoms with Gasteiger partial charge in [0.2, 0.25) is 0 Å². The van der Waals surface area contributed by atoms with Crippen LogP contribution < -0.4 is 5.32 Å². The van der Waals surface area contributed by atoms with E-state index < -0.39 is 15.4 Å². The van der Waals surface area contributed by atoms with Crippen molar-refractivity contribution in [1.29, 1.82) is 0 Å². The van der Waals surface area contributed by atoms with Crippen LogP contribution >= 0.6 is 0 Å². The predicted octanol–water partition coefficient (Wildman–Crippen LogP) is 0.0641. The van der Waals surface area contributed by atoms with Gasteiger partial charge < -0.3 is 5.32 Å². The molecule has 1 N–H and O–H groups in total. The number of carbonyl (C=O) groups is 1. The van der Waals surface area contributed by atoms with Gasteiger partial charge in [0.15, 0.2) is 5.78 Å². The minimum atomic E-state index is -3.06. The molecule has 0 aromatic carbocycles. The predicted molar refractivity (Wildman–Crippen MR) is 72.5 cm³/mol. The number of piperazine rings is 1. The lowest BCUT2D eigenvalue weighted by molar-refractivity contribution is -0.129. The molecule has 0 atom stereocenters. The highest BCUT2D eigenvalue weighted by atomic mass is 32.2. The van der Waals surface area contributed by atoms with E-state index in [1.165, 1.54) is 0 Å². The smallest absolute Gasteiger partial charge is 0.153 e. The normalized spacial score (nSPS) is 18.8. The first kappa shape index (κ1) is 15.6. The van der Waals surface area contributed by atoms with Crippen molar-refractivity contribution in [3.05, 3.63) is 0 Å². The van der Waals surface area contributed by atoms with Gasteiger partial charge >= 0.3 is 0 Å². The van der Waals surface area contributed by atoms with Crippen LogP contribution in [0, 0.1) is 0 Å². The van der Waals surface area contributed by atoms with Crippen molar-refractivity contribution in [1.82, 2.24) is 10.2 Å². The second-order valence-corrected chi connectivity index (χ2v) is 7.68. The van der Waals surface area contributed by atoms with Crippen molar-refractivity contribution in [3.8, 4) is 0 Å². The van der Waals surface area contributed by atoms with E-state index in [2.05, 4.69) is 10.2 Å². The number of hydrogen-bond donors (Lipinski definition) is 1. The van der Waals surface area contributed by atoms with Gasteiger partial charge in [-0.05, 0) is 13.8 Å². The molecule has 0 spiro atoms. The van der Waals surface area contributed by atoms with E-state index in [0.29, 0.717) is 0 Å². The molecular formula is C12H24N2O3S. The Morgan fingerprint density at radius 3 is 2.33 bits per heavy atom. The van der Waals surface area contributed by atoms with E-state index in [9.17, 15) is 13.2 Å². The summed E-state index contributed by atoms with van der Waals surface area (Å²) in [7, 11) is -3.06. The number of carbonyl (C=O) groups excluding carboxylic acids is 1. The van der Waals surface area contributed by atoms with Crippen LogP contribution in [0.5, 0.6) is 0 Å². The van der Waals surface area contributed by atoms with E-state index in [4.69, 9.17) is 0 Å². The third kappa shape index (κ3) is 4.03. The molecule has 0 saturated carbocycles. The van der Waals surface area contributed by atoms with Crippen LogP contribution in [0.1, 0.15) is 27.2 Å². The van der Waals surface area contributed by atoms with E-state index in [1.54, 1.807) is 6.92 Å². The molecule has 1 heterocycles. The van der Waals surface area contributed by atoms with Crippen LogP contribution in [0.15, 0.2) is 0 Å². The largest absolute Gasteiger partial charge is 0.314 e. The first-order valence-corrected chi connectivity index (χ1v) is 8.31. The van der Waals surface area contributed by atoms with Gasteiger partial charge in [-0.2, -0.15) is 0 Å². The van der Waals surface area contributed by atoms with Gasteiger partial charge in [-0.25, -0.2) is 8.42 Å². The zero-order chi connectivity index (χ0) is 13.8. The third-order valence-corrected chi connectivity index (χ3v) is 5.38. The van der Waals surface area contributed by atoms with Gasteiger partial charge in [0.25, 0.3) is 0 Å². The fraction of sp³-hybridized carbons (Fsp3) is 0.917. The molecular weight excluding hydrogens is 252 g/mol. The Kier molecular flexibility index (Phi) is 5.31. The number of Topliss-reactive ketones (excluding diaryl/α,β-unsaturated/α-hetero) is 1. The van der Waals surface area contributed by atoms with Crippen LogP contribution in [0.3, 0.4) is 0 Å². The second kappa shape index (κ2) is 6.12. The Morgan fingerprint density at radius 1 is 1.28 bits per heavy atom. The quantitative estimate of drug-likeness (QED) is 0.743. The molecule has 0 aromatic rings. The van der Waals surface area contributed by atoms with Crippen molar-refractivity contribution in [2.75, 3.05) is 37.7 Å². The highest BCUT2D eigenvalue weighted by molar-refractivity contribution is 7.91. The molecule has 18 heavy (non-hydrogen) atoms. The summed E-state index contributed by atoms with van der Waals surface area (Å²) >= 11 is 0. The molecule has 106 valence electrons. The number of rotatable bonds is 6.